The third kappa shape index (κ3) is 3.09. The lowest BCUT2D eigenvalue weighted by Crippen LogP contribution is -2.28. The number of carbonyl (C=O) groups is 1. The molecule has 5 heteroatoms. The Morgan fingerprint density at radius 3 is 2.82 bits per heavy atom. The van der Waals surface area contributed by atoms with E-state index in [2.05, 4.69) is 5.32 Å². The Kier molecular flexibility index (Phi) is 4.05. The maximum atomic E-state index is 14.3. The lowest BCUT2D eigenvalue weighted by atomic mass is 10.1. The summed E-state index contributed by atoms with van der Waals surface area (Å²) < 4.78 is 24.6. The molecule has 4 nitrogen and oxygen atoms in total. The number of amides is 1. The van der Waals surface area contributed by atoms with E-state index in [4.69, 9.17) is 9.15 Å². The fourth-order valence-electron chi connectivity index (χ4n) is 2.12. The molecule has 1 heterocycles. The topological polar surface area (TPSA) is 51.5 Å². The van der Waals surface area contributed by atoms with Crippen LogP contribution in [0.2, 0.25) is 0 Å². The van der Waals surface area contributed by atoms with E-state index in [-0.39, 0.29) is 24.8 Å². The molecule has 0 saturated carbocycles. The van der Waals surface area contributed by atoms with Crippen LogP contribution in [0.15, 0.2) is 59.2 Å². The van der Waals surface area contributed by atoms with Crippen molar-refractivity contribution in [2.45, 2.75) is 6.54 Å². The van der Waals surface area contributed by atoms with Gasteiger partial charge >= 0.3 is 0 Å². The molecule has 2 aromatic carbocycles. The number of fused-ring (bicyclic) bond motifs is 1. The molecule has 22 heavy (non-hydrogen) atoms. The van der Waals surface area contributed by atoms with Crippen molar-refractivity contribution in [3.05, 3.63) is 66.4 Å². The minimum Gasteiger partial charge on any atom is -0.481 e. The third-order valence-electron chi connectivity index (χ3n) is 3.23. The fourth-order valence-corrected chi connectivity index (χ4v) is 2.12. The van der Waals surface area contributed by atoms with E-state index >= 15 is 0 Å². The van der Waals surface area contributed by atoms with Crippen LogP contribution in [0, 0.1) is 5.82 Å². The van der Waals surface area contributed by atoms with Gasteiger partial charge in [-0.3, -0.25) is 4.79 Å². The van der Waals surface area contributed by atoms with Crippen LogP contribution < -0.4 is 10.1 Å². The van der Waals surface area contributed by atoms with Crippen LogP contribution in [0.3, 0.4) is 0 Å². The molecule has 3 aromatic rings. The van der Waals surface area contributed by atoms with Crippen molar-refractivity contribution in [2.24, 2.45) is 0 Å². The maximum absolute atomic E-state index is 14.3. The monoisotopic (exact) mass is 299 g/mol. The summed E-state index contributed by atoms with van der Waals surface area (Å²) in [6.45, 7) is 0.0192. The number of ether oxygens (including phenoxy) is 1. The zero-order chi connectivity index (χ0) is 15.4. The molecule has 0 spiro atoms. The van der Waals surface area contributed by atoms with Crippen LogP contribution in [-0.4, -0.2) is 12.5 Å². The number of nitrogens with one attached hydrogen (secondary N) is 1. The Hall–Kier alpha value is -2.82. The second kappa shape index (κ2) is 6.30. The van der Waals surface area contributed by atoms with E-state index in [9.17, 15) is 9.18 Å². The first-order valence-electron chi connectivity index (χ1n) is 6.83. The van der Waals surface area contributed by atoms with Crippen LogP contribution >= 0.6 is 0 Å². The van der Waals surface area contributed by atoms with Crippen molar-refractivity contribution >= 4 is 16.7 Å². The van der Waals surface area contributed by atoms with Crippen molar-refractivity contribution in [1.29, 1.82) is 0 Å². The van der Waals surface area contributed by atoms with Gasteiger partial charge in [-0.15, -0.1) is 0 Å². The Bertz CT molecular complexity index is 784. The van der Waals surface area contributed by atoms with E-state index < -0.39 is 5.82 Å². The van der Waals surface area contributed by atoms with Crippen LogP contribution in [0.25, 0.3) is 10.8 Å². The van der Waals surface area contributed by atoms with Crippen molar-refractivity contribution in [3.8, 4) is 5.75 Å². The quantitative estimate of drug-likeness (QED) is 0.786. The van der Waals surface area contributed by atoms with E-state index in [1.807, 2.05) is 12.1 Å². The summed E-state index contributed by atoms with van der Waals surface area (Å²) >= 11 is 0. The molecule has 0 fully saturated rings. The Morgan fingerprint density at radius 2 is 2.00 bits per heavy atom. The molecule has 0 aliphatic heterocycles. The first kappa shape index (κ1) is 14.1. The van der Waals surface area contributed by atoms with Crippen molar-refractivity contribution < 1.29 is 18.3 Å². The van der Waals surface area contributed by atoms with Gasteiger partial charge in [0.2, 0.25) is 0 Å². The molecule has 1 aromatic heterocycles. The Balaban J connectivity index is 1.61. The largest absolute Gasteiger partial charge is 0.481 e. The molecule has 0 saturated heterocycles. The predicted molar refractivity (Wildman–Crippen MR) is 80.0 cm³/mol. The normalized spacial score (nSPS) is 10.6. The minimum absolute atomic E-state index is 0.0619. The van der Waals surface area contributed by atoms with Gasteiger partial charge in [-0.1, -0.05) is 30.3 Å². The van der Waals surface area contributed by atoms with E-state index in [1.54, 1.807) is 30.3 Å². The lowest BCUT2D eigenvalue weighted by molar-refractivity contribution is -0.123. The van der Waals surface area contributed by atoms with Gasteiger partial charge in [0.05, 0.1) is 12.8 Å². The van der Waals surface area contributed by atoms with Gasteiger partial charge in [-0.05, 0) is 23.6 Å². The van der Waals surface area contributed by atoms with Gasteiger partial charge in [0, 0.05) is 5.39 Å². The zero-order valence-electron chi connectivity index (χ0n) is 11.7. The highest BCUT2D eigenvalue weighted by Gasteiger charge is 2.10. The van der Waals surface area contributed by atoms with Gasteiger partial charge in [0.1, 0.15) is 5.76 Å². The summed E-state index contributed by atoms with van der Waals surface area (Å²) in [7, 11) is 0. The molecule has 0 radical (unpaired) electrons. The number of rotatable bonds is 5. The average molecular weight is 299 g/mol. The third-order valence-corrected chi connectivity index (χ3v) is 3.23. The van der Waals surface area contributed by atoms with Crippen LogP contribution in [-0.2, 0) is 11.3 Å². The minimum atomic E-state index is -0.461. The first-order valence-corrected chi connectivity index (χ1v) is 6.83. The van der Waals surface area contributed by atoms with Crippen LogP contribution in [0.1, 0.15) is 5.76 Å². The average Bonchev–Trinajstić information content (AvgIpc) is 3.06. The smallest absolute Gasteiger partial charge is 0.258 e. The van der Waals surface area contributed by atoms with Gasteiger partial charge in [-0.2, -0.15) is 0 Å². The lowest BCUT2D eigenvalue weighted by Gasteiger charge is -2.09. The number of hydrogen-bond acceptors (Lipinski definition) is 3. The van der Waals surface area contributed by atoms with Crippen molar-refractivity contribution in [2.75, 3.05) is 6.61 Å². The predicted octanol–water partition coefficient (Wildman–Crippen LogP) is 3.27. The molecule has 0 bridgehead atoms. The van der Waals surface area contributed by atoms with E-state index in [0.717, 1.165) is 5.39 Å². The highest BCUT2D eigenvalue weighted by atomic mass is 19.1. The standard InChI is InChI=1S/C17H14FNO3/c18-17-14-6-2-1-4-12(14)7-8-15(17)22-11-16(20)19-10-13-5-3-9-21-13/h1-9H,10-11H2,(H,19,20). The molecule has 0 aliphatic rings. The summed E-state index contributed by atoms with van der Waals surface area (Å²) in [5.74, 6) is -0.0991. The highest BCUT2D eigenvalue weighted by Crippen LogP contribution is 2.26. The molecule has 0 atom stereocenters. The fraction of sp³-hybridized carbons (Fsp3) is 0.118. The molecular formula is C17H14FNO3. The molecule has 1 N–H and O–H groups in total. The second-order valence-corrected chi connectivity index (χ2v) is 4.74. The van der Waals surface area contributed by atoms with Crippen molar-refractivity contribution in [3.63, 3.8) is 0 Å². The molecule has 0 aliphatic carbocycles. The highest BCUT2D eigenvalue weighted by molar-refractivity contribution is 5.84. The first-order chi connectivity index (χ1) is 10.7. The summed E-state index contributed by atoms with van der Waals surface area (Å²) in [5, 5.41) is 3.89. The van der Waals surface area contributed by atoms with Crippen LogP contribution in [0.5, 0.6) is 5.75 Å². The second-order valence-electron chi connectivity index (χ2n) is 4.74. The molecule has 0 unspecified atom stereocenters. The van der Waals surface area contributed by atoms with E-state index in [0.29, 0.717) is 11.1 Å². The number of hydrogen-bond donors (Lipinski definition) is 1. The summed E-state index contributed by atoms with van der Waals surface area (Å²) in [4.78, 5) is 11.7. The zero-order valence-corrected chi connectivity index (χ0v) is 11.7. The Morgan fingerprint density at radius 1 is 1.14 bits per heavy atom. The number of halogens is 1. The van der Waals surface area contributed by atoms with Gasteiger partial charge in [0.15, 0.2) is 18.2 Å². The molecule has 3 rings (SSSR count). The van der Waals surface area contributed by atoms with Crippen molar-refractivity contribution in [1.82, 2.24) is 5.32 Å². The Labute approximate surface area is 126 Å². The van der Waals surface area contributed by atoms with Crippen LogP contribution in [0.4, 0.5) is 4.39 Å². The van der Waals surface area contributed by atoms with Gasteiger partial charge in [-0.25, -0.2) is 4.39 Å². The summed E-state index contributed by atoms with van der Waals surface area (Å²) in [6, 6.07) is 13.9. The molecule has 1 amide bonds. The number of benzene rings is 2. The number of furan rings is 1. The maximum Gasteiger partial charge on any atom is 0.258 e. The molecule has 112 valence electrons. The molecular weight excluding hydrogens is 285 g/mol. The van der Waals surface area contributed by atoms with E-state index in [1.165, 1.54) is 12.3 Å². The summed E-state index contributed by atoms with van der Waals surface area (Å²) in [5.41, 5.74) is 0. The van der Waals surface area contributed by atoms with Gasteiger partial charge < -0.3 is 14.5 Å². The number of carbonyl (C=O) groups excluding carboxylic acids is 1. The SMILES string of the molecule is O=C(COc1ccc2ccccc2c1F)NCc1ccco1. The summed E-state index contributed by atoms with van der Waals surface area (Å²) in [6.07, 6.45) is 1.53. The van der Waals surface area contributed by atoms with Gasteiger partial charge in [0.25, 0.3) is 5.91 Å².